The molecule has 0 fully saturated rings. The van der Waals surface area contributed by atoms with Gasteiger partial charge in [-0.1, -0.05) is 0 Å². The zero-order valence-electron chi connectivity index (χ0n) is 6.60. The number of rotatable bonds is 2. The quantitative estimate of drug-likeness (QED) is 0.658. The maximum Gasteiger partial charge on any atom is 0.418 e. The van der Waals surface area contributed by atoms with Gasteiger partial charge in [0.2, 0.25) is 0 Å². The van der Waals surface area contributed by atoms with Crippen molar-refractivity contribution in [2.45, 2.75) is 12.2 Å². The Balaban J connectivity index is 3.03. The number of aliphatic hydroxyl groups excluding tert-OH is 1. The number of aromatic amines is 1. The summed E-state index contributed by atoms with van der Waals surface area (Å²) in [6.45, 7) is -0.524. The number of H-pyrrole nitrogens is 1. The average Bonchev–Trinajstić information content (AvgIpc) is 2.49. The van der Waals surface area contributed by atoms with Crippen LogP contribution in [0.5, 0.6) is 0 Å². The van der Waals surface area contributed by atoms with Gasteiger partial charge in [0.1, 0.15) is 0 Å². The first kappa shape index (κ1) is 10.1. The van der Waals surface area contributed by atoms with Crippen LogP contribution in [0.1, 0.15) is 17.3 Å². The minimum Gasteiger partial charge on any atom is -0.394 e. The fraction of sp³-hybridized carbons (Fsp3) is 0.429. The van der Waals surface area contributed by atoms with E-state index in [4.69, 9.17) is 10.8 Å². The molecule has 0 spiro atoms. The van der Waals surface area contributed by atoms with E-state index in [2.05, 4.69) is 4.98 Å². The number of hydrogen-bond donors (Lipinski definition) is 3. The largest absolute Gasteiger partial charge is 0.418 e. The van der Waals surface area contributed by atoms with Crippen LogP contribution < -0.4 is 5.73 Å². The summed E-state index contributed by atoms with van der Waals surface area (Å²) in [7, 11) is 0. The monoisotopic (exact) mass is 194 g/mol. The zero-order valence-corrected chi connectivity index (χ0v) is 6.60. The molecule has 0 aliphatic rings. The molecule has 6 heteroatoms. The van der Waals surface area contributed by atoms with E-state index in [1.807, 2.05) is 0 Å². The number of aromatic nitrogens is 1. The Morgan fingerprint density at radius 3 is 2.62 bits per heavy atom. The highest BCUT2D eigenvalue weighted by molar-refractivity contribution is 5.26. The van der Waals surface area contributed by atoms with Gasteiger partial charge in [0, 0.05) is 11.9 Å². The molecule has 4 N–H and O–H groups in total. The van der Waals surface area contributed by atoms with Gasteiger partial charge in [0.05, 0.1) is 18.2 Å². The summed E-state index contributed by atoms with van der Waals surface area (Å²) in [4.78, 5) is 2.36. The molecule has 0 saturated carbocycles. The summed E-state index contributed by atoms with van der Waals surface area (Å²) in [5.41, 5.74) is 4.24. The second kappa shape index (κ2) is 3.39. The third kappa shape index (κ3) is 2.02. The van der Waals surface area contributed by atoms with Crippen molar-refractivity contribution in [1.29, 1.82) is 0 Å². The van der Waals surface area contributed by atoms with Crippen molar-refractivity contribution < 1.29 is 18.3 Å². The number of hydrogen-bond acceptors (Lipinski definition) is 2. The maximum atomic E-state index is 12.2. The van der Waals surface area contributed by atoms with Gasteiger partial charge < -0.3 is 15.8 Å². The van der Waals surface area contributed by atoms with Gasteiger partial charge >= 0.3 is 6.18 Å². The summed E-state index contributed by atoms with van der Waals surface area (Å²) in [6.07, 6.45) is -3.28. The van der Waals surface area contributed by atoms with Gasteiger partial charge in [0.15, 0.2) is 0 Å². The Bertz CT molecular complexity index is 282. The van der Waals surface area contributed by atoms with Crippen LogP contribution in [0.4, 0.5) is 13.2 Å². The topological polar surface area (TPSA) is 62.0 Å². The van der Waals surface area contributed by atoms with Crippen LogP contribution in [0.25, 0.3) is 0 Å². The molecule has 0 saturated heterocycles. The molecule has 1 rings (SSSR count). The lowest BCUT2D eigenvalue weighted by atomic mass is 10.1. The standard InChI is InChI=1S/C7H9F3N2O/c8-7(9,10)4-1-2-12-6(4)5(11)3-13/h1-2,5,12-13H,3,11H2/t5-/m0/s1. The molecule has 0 unspecified atom stereocenters. The van der Waals surface area contributed by atoms with Crippen LogP contribution in [0.15, 0.2) is 12.3 Å². The Hall–Kier alpha value is -1.01. The fourth-order valence-electron chi connectivity index (χ4n) is 1.03. The number of alkyl halides is 3. The van der Waals surface area contributed by atoms with Gasteiger partial charge in [-0.05, 0) is 6.07 Å². The minimum atomic E-state index is -4.43. The Kier molecular flexibility index (Phi) is 2.63. The van der Waals surface area contributed by atoms with E-state index >= 15 is 0 Å². The molecule has 3 nitrogen and oxygen atoms in total. The molecule has 0 bridgehead atoms. The van der Waals surface area contributed by atoms with Gasteiger partial charge in [-0.15, -0.1) is 0 Å². The third-order valence-corrected chi connectivity index (χ3v) is 1.65. The highest BCUT2D eigenvalue weighted by Gasteiger charge is 2.35. The zero-order chi connectivity index (χ0) is 10.1. The van der Waals surface area contributed by atoms with Gasteiger partial charge in [-0.2, -0.15) is 13.2 Å². The SMILES string of the molecule is N[C@@H](CO)c1[nH]ccc1C(F)(F)F. The van der Waals surface area contributed by atoms with Crippen LogP contribution >= 0.6 is 0 Å². The van der Waals surface area contributed by atoms with E-state index < -0.39 is 24.4 Å². The van der Waals surface area contributed by atoms with Crippen LogP contribution in [0, 0.1) is 0 Å². The number of aliphatic hydroxyl groups is 1. The van der Waals surface area contributed by atoms with Crippen LogP contribution in [-0.2, 0) is 6.18 Å². The predicted octanol–water partition coefficient (Wildman–Crippen LogP) is 1.03. The first-order valence-corrected chi connectivity index (χ1v) is 3.57. The summed E-state index contributed by atoms with van der Waals surface area (Å²) in [6, 6.07) is -0.128. The molecule has 1 atom stereocenters. The van der Waals surface area contributed by atoms with Crippen molar-refractivity contribution in [3.05, 3.63) is 23.5 Å². The Labute approximate surface area is 72.4 Å². The molecular formula is C7H9F3N2O. The summed E-state index contributed by atoms with van der Waals surface area (Å²) in [5.74, 6) is 0. The maximum absolute atomic E-state index is 12.2. The second-order valence-corrected chi connectivity index (χ2v) is 2.59. The van der Waals surface area contributed by atoms with E-state index in [1.54, 1.807) is 0 Å². The number of halogens is 3. The van der Waals surface area contributed by atoms with Gasteiger partial charge in [0.25, 0.3) is 0 Å². The molecule has 74 valence electrons. The molecule has 0 aromatic carbocycles. The Morgan fingerprint density at radius 2 is 2.15 bits per heavy atom. The summed E-state index contributed by atoms with van der Waals surface area (Å²) in [5, 5.41) is 8.58. The van der Waals surface area contributed by atoms with Crippen molar-refractivity contribution in [2.24, 2.45) is 5.73 Å². The molecule has 1 aromatic rings. The Morgan fingerprint density at radius 1 is 1.54 bits per heavy atom. The molecule has 0 amide bonds. The molecular weight excluding hydrogens is 185 g/mol. The lowest BCUT2D eigenvalue weighted by Gasteiger charge is -2.11. The van der Waals surface area contributed by atoms with Gasteiger partial charge in [-0.3, -0.25) is 0 Å². The minimum absolute atomic E-state index is 0.185. The van der Waals surface area contributed by atoms with E-state index in [0.717, 1.165) is 12.3 Å². The van der Waals surface area contributed by atoms with Crippen LogP contribution in [0.2, 0.25) is 0 Å². The first-order valence-electron chi connectivity index (χ1n) is 3.57. The van der Waals surface area contributed by atoms with Crippen LogP contribution in [0.3, 0.4) is 0 Å². The lowest BCUT2D eigenvalue weighted by molar-refractivity contribution is -0.138. The molecule has 1 aromatic heterocycles. The molecule has 1 heterocycles. The first-order chi connectivity index (χ1) is 5.96. The lowest BCUT2D eigenvalue weighted by Crippen LogP contribution is -2.19. The summed E-state index contributed by atoms with van der Waals surface area (Å²) >= 11 is 0. The molecule has 0 aliphatic carbocycles. The van der Waals surface area contributed by atoms with Crippen molar-refractivity contribution in [1.82, 2.24) is 4.98 Å². The van der Waals surface area contributed by atoms with Crippen molar-refractivity contribution in [3.63, 3.8) is 0 Å². The average molecular weight is 194 g/mol. The normalized spacial score (nSPS) is 14.5. The molecule has 0 aliphatic heterocycles. The van der Waals surface area contributed by atoms with Gasteiger partial charge in [-0.25, -0.2) is 0 Å². The predicted molar refractivity (Wildman–Crippen MR) is 39.8 cm³/mol. The van der Waals surface area contributed by atoms with Crippen LogP contribution in [-0.4, -0.2) is 16.7 Å². The van der Waals surface area contributed by atoms with Crippen molar-refractivity contribution in [2.75, 3.05) is 6.61 Å². The molecule has 0 radical (unpaired) electrons. The highest BCUT2D eigenvalue weighted by Crippen LogP contribution is 2.33. The smallest absolute Gasteiger partial charge is 0.394 e. The number of nitrogens with two attached hydrogens (primary N) is 1. The van der Waals surface area contributed by atoms with E-state index in [-0.39, 0.29) is 5.69 Å². The third-order valence-electron chi connectivity index (χ3n) is 1.65. The highest BCUT2D eigenvalue weighted by atomic mass is 19.4. The second-order valence-electron chi connectivity index (χ2n) is 2.59. The van der Waals surface area contributed by atoms with Crippen molar-refractivity contribution in [3.8, 4) is 0 Å². The summed E-state index contributed by atoms with van der Waals surface area (Å²) < 4.78 is 36.7. The van der Waals surface area contributed by atoms with E-state index in [9.17, 15) is 13.2 Å². The van der Waals surface area contributed by atoms with Crippen molar-refractivity contribution >= 4 is 0 Å². The fourth-order valence-corrected chi connectivity index (χ4v) is 1.03. The van der Waals surface area contributed by atoms with E-state index in [0.29, 0.717) is 0 Å². The molecule has 13 heavy (non-hydrogen) atoms. The number of nitrogens with one attached hydrogen (secondary N) is 1. The van der Waals surface area contributed by atoms with E-state index in [1.165, 1.54) is 0 Å².